The smallest absolute Gasteiger partial charge is 0.185 e. The van der Waals surface area contributed by atoms with Gasteiger partial charge in [0.2, 0.25) is 0 Å². The predicted molar refractivity (Wildman–Crippen MR) is 100 cm³/mol. The maximum Gasteiger partial charge on any atom is 0.185 e. The number of aromatic nitrogens is 3. The Bertz CT molecular complexity index is 907. The molecule has 1 fully saturated rings. The fourth-order valence-electron chi connectivity index (χ4n) is 3.57. The van der Waals surface area contributed by atoms with Crippen LogP contribution >= 0.6 is 0 Å². The summed E-state index contributed by atoms with van der Waals surface area (Å²) in [5, 5.41) is 4.37. The quantitative estimate of drug-likeness (QED) is 0.650. The molecule has 1 aromatic carbocycles. The van der Waals surface area contributed by atoms with Crippen molar-refractivity contribution in [2.45, 2.75) is 19.4 Å². The van der Waals surface area contributed by atoms with Gasteiger partial charge in [-0.1, -0.05) is 6.07 Å². The first kappa shape index (κ1) is 17.5. The van der Waals surface area contributed by atoms with Gasteiger partial charge in [-0.05, 0) is 55.8 Å². The average Bonchev–Trinajstić information content (AvgIpc) is 3.17. The summed E-state index contributed by atoms with van der Waals surface area (Å²) in [5.41, 5.74) is 2.45. The van der Waals surface area contributed by atoms with E-state index in [-0.39, 0.29) is 17.5 Å². The van der Waals surface area contributed by atoms with Crippen molar-refractivity contribution in [3.63, 3.8) is 0 Å². The number of ketones is 1. The van der Waals surface area contributed by atoms with Crippen LogP contribution < -0.4 is 0 Å². The molecule has 0 amide bonds. The molecule has 1 atom stereocenters. The summed E-state index contributed by atoms with van der Waals surface area (Å²) in [7, 11) is 0. The van der Waals surface area contributed by atoms with Crippen molar-refractivity contribution in [1.82, 2.24) is 19.7 Å². The van der Waals surface area contributed by atoms with Crippen molar-refractivity contribution in [3.8, 4) is 5.69 Å². The molecule has 3 aromatic rings. The van der Waals surface area contributed by atoms with Crippen LogP contribution in [0, 0.1) is 11.7 Å². The standard InChI is InChI=1S/C21H21FN4O/c22-18-6-8-19(9-7-18)26-14-16(12-24-26)13-25-11-3-4-17(15-25)21(27)20-5-1-2-10-23-20/h1-2,5-10,12,14,17H,3-4,11,13,15H2/t17-/m0/s1. The fourth-order valence-corrected chi connectivity index (χ4v) is 3.57. The SMILES string of the molecule is O=C(c1ccccn1)[C@H]1CCCN(Cc2cnn(-c3ccc(F)cc3)c2)C1. The molecular formula is C21H21FN4O. The number of carbonyl (C=O) groups is 1. The maximum atomic E-state index is 13.1. The second-order valence-corrected chi connectivity index (χ2v) is 6.92. The van der Waals surface area contributed by atoms with Gasteiger partial charge in [0.15, 0.2) is 5.78 Å². The Hall–Kier alpha value is -2.86. The highest BCUT2D eigenvalue weighted by atomic mass is 19.1. The van der Waals surface area contributed by atoms with Crippen LogP contribution in [-0.2, 0) is 6.54 Å². The number of rotatable bonds is 5. The van der Waals surface area contributed by atoms with Crippen molar-refractivity contribution in [2.75, 3.05) is 13.1 Å². The summed E-state index contributed by atoms with van der Waals surface area (Å²) >= 11 is 0. The Balaban J connectivity index is 1.41. The third-order valence-corrected chi connectivity index (χ3v) is 4.93. The minimum atomic E-state index is -0.261. The van der Waals surface area contributed by atoms with E-state index in [1.54, 1.807) is 29.1 Å². The number of likely N-dealkylation sites (tertiary alicyclic amines) is 1. The highest BCUT2D eigenvalue weighted by Crippen LogP contribution is 2.22. The normalized spacial score (nSPS) is 17.7. The number of hydrogen-bond acceptors (Lipinski definition) is 4. The molecule has 0 spiro atoms. The molecule has 0 N–H and O–H groups in total. The molecule has 3 heterocycles. The monoisotopic (exact) mass is 364 g/mol. The predicted octanol–water partition coefficient (Wildman–Crippen LogP) is 3.50. The van der Waals surface area contributed by atoms with E-state index >= 15 is 0 Å². The summed E-state index contributed by atoms with van der Waals surface area (Å²) in [5.74, 6) is -0.147. The van der Waals surface area contributed by atoms with Gasteiger partial charge >= 0.3 is 0 Å². The molecule has 1 aliphatic heterocycles. The molecule has 0 saturated carbocycles. The van der Waals surface area contributed by atoms with Crippen molar-refractivity contribution < 1.29 is 9.18 Å². The van der Waals surface area contributed by atoms with E-state index in [0.29, 0.717) is 5.69 Å². The number of halogens is 1. The highest BCUT2D eigenvalue weighted by molar-refractivity contribution is 5.96. The van der Waals surface area contributed by atoms with E-state index < -0.39 is 0 Å². The van der Waals surface area contributed by atoms with Gasteiger partial charge < -0.3 is 0 Å². The Morgan fingerprint density at radius 2 is 2.04 bits per heavy atom. The number of nitrogens with zero attached hydrogens (tertiary/aromatic N) is 4. The molecule has 5 nitrogen and oxygen atoms in total. The Labute approximate surface area is 157 Å². The van der Waals surface area contributed by atoms with Crippen molar-refractivity contribution in [2.24, 2.45) is 5.92 Å². The molecule has 27 heavy (non-hydrogen) atoms. The van der Waals surface area contributed by atoms with Crippen LogP contribution in [0.3, 0.4) is 0 Å². The first-order valence-electron chi connectivity index (χ1n) is 9.16. The van der Waals surface area contributed by atoms with Crippen LogP contribution in [0.5, 0.6) is 0 Å². The van der Waals surface area contributed by atoms with Crippen LogP contribution in [0.15, 0.2) is 61.1 Å². The van der Waals surface area contributed by atoms with Gasteiger partial charge in [-0.25, -0.2) is 9.07 Å². The van der Waals surface area contributed by atoms with Crippen molar-refractivity contribution in [3.05, 3.63) is 78.1 Å². The molecule has 0 radical (unpaired) electrons. The number of piperidine rings is 1. The number of benzene rings is 1. The Morgan fingerprint density at radius 1 is 1.19 bits per heavy atom. The van der Waals surface area contributed by atoms with Crippen LogP contribution in [0.2, 0.25) is 0 Å². The van der Waals surface area contributed by atoms with E-state index in [1.807, 2.05) is 24.5 Å². The number of pyridine rings is 1. The summed E-state index contributed by atoms with van der Waals surface area (Å²) in [6.07, 6.45) is 7.35. The number of hydrogen-bond donors (Lipinski definition) is 0. The summed E-state index contributed by atoms with van der Waals surface area (Å²) in [6.45, 7) is 2.44. The second kappa shape index (κ2) is 7.80. The molecule has 0 bridgehead atoms. The number of carbonyl (C=O) groups excluding carboxylic acids is 1. The fraction of sp³-hybridized carbons (Fsp3) is 0.286. The molecule has 0 aliphatic carbocycles. The highest BCUT2D eigenvalue weighted by Gasteiger charge is 2.27. The van der Waals surface area contributed by atoms with Crippen molar-refractivity contribution >= 4 is 5.78 Å². The average molecular weight is 364 g/mol. The van der Waals surface area contributed by atoms with Crippen LogP contribution in [0.4, 0.5) is 4.39 Å². The zero-order chi connectivity index (χ0) is 18.6. The van der Waals surface area contributed by atoms with Gasteiger partial charge in [0.25, 0.3) is 0 Å². The van der Waals surface area contributed by atoms with E-state index in [2.05, 4.69) is 15.0 Å². The first-order chi connectivity index (χ1) is 13.2. The lowest BCUT2D eigenvalue weighted by Gasteiger charge is -2.31. The third-order valence-electron chi connectivity index (χ3n) is 4.93. The third kappa shape index (κ3) is 4.11. The van der Waals surface area contributed by atoms with Gasteiger partial charge in [-0.15, -0.1) is 0 Å². The lowest BCUT2D eigenvalue weighted by atomic mass is 9.92. The molecule has 0 unspecified atom stereocenters. The molecule has 4 rings (SSSR count). The van der Waals surface area contributed by atoms with Gasteiger partial charge in [0, 0.05) is 37.0 Å². The molecular weight excluding hydrogens is 343 g/mol. The molecule has 1 aliphatic rings. The zero-order valence-electron chi connectivity index (χ0n) is 15.0. The summed E-state index contributed by atoms with van der Waals surface area (Å²) in [4.78, 5) is 19.2. The lowest BCUT2D eigenvalue weighted by molar-refractivity contribution is 0.0806. The molecule has 2 aromatic heterocycles. The minimum Gasteiger partial charge on any atom is -0.298 e. The van der Waals surface area contributed by atoms with E-state index in [0.717, 1.165) is 43.7 Å². The second-order valence-electron chi connectivity index (χ2n) is 6.92. The molecule has 6 heteroatoms. The van der Waals surface area contributed by atoms with Gasteiger partial charge in [0.1, 0.15) is 11.5 Å². The van der Waals surface area contributed by atoms with Gasteiger partial charge in [-0.3, -0.25) is 14.7 Å². The van der Waals surface area contributed by atoms with Crippen LogP contribution in [-0.4, -0.2) is 38.5 Å². The van der Waals surface area contributed by atoms with E-state index in [1.165, 1.54) is 12.1 Å². The Morgan fingerprint density at radius 3 is 2.81 bits per heavy atom. The minimum absolute atomic E-state index is 0.0132. The summed E-state index contributed by atoms with van der Waals surface area (Å²) < 4.78 is 14.8. The molecule has 138 valence electrons. The van der Waals surface area contributed by atoms with Crippen LogP contribution in [0.25, 0.3) is 5.69 Å². The van der Waals surface area contributed by atoms with E-state index in [4.69, 9.17) is 0 Å². The largest absolute Gasteiger partial charge is 0.298 e. The van der Waals surface area contributed by atoms with Gasteiger partial charge in [-0.2, -0.15) is 5.10 Å². The van der Waals surface area contributed by atoms with Crippen molar-refractivity contribution in [1.29, 1.82) is 0 Å². The lowest BCUT2D eigenvalue weighted by Crippen LogP contribution is -2.38. The van der Waals surface area contributed by atoms with Gasteiger partial charge in [0.05, 0.1) is 11.9 Å². The Kier molecular flexibility index (Phi) is 5.07. The van der Waals surface area contributed by atoms with E-state index in [9.17, 15) is 9.18 Å². The number of Topliss-reactive ketones (excluding diaryl/α,β-unsaturated/α-hetero) is 1. The zero-order valence-corrected chi connectivity index (χ0v) is 15.0. The molecule has 1 saturated heterocycles. The van der Waals surface area contributed by atoms with Crippen LogP contribution in [0.1, 0.15) is 28.9 Å². The maximum absolute atomic E-state index is 13.1. The summed E-state index contributed by atoms with van der Waals surface area (Å²) in [6, 6.07) is 11.7. The topological polar surface area (TPSA) is 51.0 Å². The first-order valence-corrected chi connectivity index (χ1v) is 9.16.